The molecule has 1 aliphatic rings. The summed E-state index contributed by atoms with van der Waals surface area (Å²) in [5.74, 6) is 0.339. The Labute approximate surface area is 167 Å². The normalized spacial score (nSPS) is 17.9. The Hall–Kier alpha value is -1.90. The fraction of sp³-hybridized carbons (Fsp3) is 0.650. The summed E-state index contributed by atoms with van der Waals surface area (Å²) in [6.07, 6.45) is 0. The Morgan fingerprint density at radius 1 is 1.32 bits per heavy atom. The van der Waals surface area contributed by atoms with Crippen LogP contribution in [0.4, 0.5) is 10.1 Å². The first-order valence-corrected chi connectivity index (χ1v) is 9.81. The van der Waals surface area contributed by atoms with Crippen LogP contribution < -0.4 is 15.5 Å². The second-order valence-corrected chi connectivity index (χ2v) is 7.61. The third-order valence-electron chi connectivity index (χ3n) is 4.56. The Kier molecular flexibility index (Phi) is 8.47. The van der Waals surface area contributed by atoms with Gasteiger partial charge in [-0.15, -0.1) is 0 Å². The van der Waals surface area contributed by atoms with Gasteiger partial charge in [0, 0.05) is 46.8 Å². The summed E-state index contributed by atoms with van der Waals surface area (Å²) in [6.45, 7) is 8.86. The summed E-state index contributed by atoms with van der Waals surface area (Å²) in [7, 11) is 3.62. The average Bonchev–Trinajstić information content (AvgIpc) is 2.64. The SMILES string of the molecule is CCNC(=NCc1ccc(N(C)C)c(F)c1)NCC(C)(O)CN1CCOCC1. The molecule has 1 heterocycles. The van der Waals surface area contributed by atoms with Crippen molar-refractivity contribution in [2.75, 3.05) is 64.9 Å². The monoisotopic (exact) mass is 395 g/mol. The molecule has 1 aliphatic heterocycles. The van der Waals surface area contributed by atoms with Gasteiger partial charge in [-0.05, 0) is 31.5 Å². The van der Waals surface area contributed by atoms with Crippen LogP contribution >= 0.6 is 0 Å². The number of guanidine groups is 1. The predicted octanol–water partition coefficient (Wildman–Crippen LogP) is 1.03. The van der Waals surface area contributed by atoms with E-state index in [1.807, 2.05) is 34.0 Å². The third-order valence-corrected chi connectivity index (χ3v) is 4.56. The number of aliphatic imine (C=N–C) groups is 1. The van der Waals surface area contributed by atoms with Gasteiger partial charge < -0.3 is 25.4 Å². The molecule has 8 heteroatoms. The molecule has 3 N–H and O–H groups in total. The van der Waals surface area contributed by atoms with Crippen LogP contribution in [0.3, 0.4) is 0 Å². The van der Waals surface area contributed by atoms with Crippen molar-refractivity contribution in [2.45, 2.75) is 26.0 Å². The highest BCUT2D eigenvalue weighted by Crippen LogP contribution is 2.18. The molecule has 1 saturated heterocycles. The summed E-state index contributed by atoms with van der Waals surface area (Å²) < 4.78 is 19.5. The van der Waals surface area contributed by atoms with Crippen LogP contribution in [0.2, 0.25) is 0 Å². The summed E-state index contributed by atoms with van der Waals surface area (Å²) >= 11 is 0. The second kappa shape index (κ2) is 10.6. The van der Waals surface area contributed by atoms with Crippen molar-refractivity contribution in [3.63, 3.8) is 0 Å². The van der Waals surface area contributed by atoms with Gasteiger partial charge in [0.15, 0.2) is 5.96 Å². The molecule has 1 fully saturated rings. The number of aliphatic hydroxyl groups is 1. The molecule has 0 aliphatic carbocycles. The molecule has 0 amide bonds. The summed E-state index contributed by atoms with van der Waals surface area (Å²) in [5.41, 5.74) is 0.449. The maximum absolute atomic E-state index is 14.1. The van der Waals surface area contributed by atoms with Gasteiger partial charge in [-0.25, -0.2) is 9.38 Å². The van der Waals surface area contributed by atoms with Gasteiger partial charge in [-0.1, -0.05) is 6.07 Å². The van der Waals surface area contributed by atoms with E-state index in [9.17, 15) is 9.50 Å². The number of morpholine rings is 1. The Morgan fingerprint density at radius 3 is 2.64 bits per heavy atom. The number of nitrogens with zero attached hydrogens (tertiary/aromatic N) is 3. The van der Waals surface area contributed by atoms with E-state index in [4.69, 9.17) is 4.74 Å². The first-order chi connectivity index (χ1) is 13.3. The van der Waals surface area contributed by atoms with Crippen LogP contribution in [-0.2, 0) is 11.3 Å². The van der Waals surface area contributed by atoms with E-state index >= 15 is 0 Å². The van der Waals surface area contributed by atoms with Crippen molar-refractivity contribution >= 4 is 11.6 Å². The smallest absolute Gasteiger partial charge is 0.191 e. The van der Waals surface area contributed by atoms with Crippen molar-refractivity contribution < 1.29 is 14.2 Å². The van der Waals surface area contributed by atoms with Gasteiger partial charge in [0.2, 0.25) is 0 Å². The number of nitrogens with one attached hydrogen (secondary N) is 2. The minimum Gasteiger partial charge on any atom is -0.387 e. The highest BCUT2D eigenvalue weighted by Gasteiger charge is 2.25. The van der Waals surface area contributed by atoms with E-state index < -0.39 is 5.60 Å². The fourth-order valence-electron chi connectivity index (χ4n) is 3.09. The lowest BCUT2D eigenvalue weighted by Crippen LogP contribution is -2.52. The zero-order valence-electron chi connectivity index (χ0n) is 17.5. The van der Waals surface area contributed by atoms with Gasteiger partial charge in [0.05, 0.1) is 31.0 Å². The molecular formula is C20H34FN5O2. The molecule has 28 heavy (non-hydrogen) atoms. The number of anilines is 1. The molecular weight excluding hydrogens is 361 g/mol. The van der Waals surface area contributed by atoms with E-state index in [-0.39, 0.29) is 5.82 Å². The molecule has 1 aromatic carbocycles. The Balaban J connectivity index is 1.93. The topological polar surface area (TPSA) is 72.4 Å². The van der Waals surface area contributed by atoms with Crippen LogP contribution in [0.25, 0.3) is 0 Å². The van der Waals surface area contributed by atoms with E-state index in [2.05, 4.69) is 20.5 Å². The minimum atomic E-state index is -0.896. The van der Waals surface area contributed by atoms with Gasteiger partial charge in [0.1, 0.15) is 5.82 Å². The lowest BCUT2D eigenvalue weighted by atomic mass is 10.1. The average molecular weight is 396 g/mol. The first kappa shape index (κ1) is 22.4. The number of rotatable bonds is 8. The van der Waals surface area contributed by atoms with Crippen LogP contribution in [-0.4, -0.2) is 81.6 Å². The van der Waals surface area contributed by atoms with Crippen LogP contribution in [0.1, 0.15) is 19.4 Å². The number of β-amino-alcohol motifs (C(OH)–C–C–N with tert-alkyl or cyclic N) is 1. The summed E-state index contributed by atoms with van der Waals surface area (Å²) in [6, 6.07) is 5.14. The van der Waals surface area contributed by atoms with Crippen molar-refractivity contribution in [2.24, 2.45) is 4.99 Å². The van der Waals surface area contributed by atoms with Crippen molar-refractivity contribution in [3.8, 4) is 0 Å². The molecule has 0 aromatic heterocycles. The molecule has 1 aromatic rings. The van der Waals surface area contributed by atoms with Crippen molar-refractivity contribution in [1.29, 1.82) is 0 Å². The number of hydrogen-bond acceptors (Lipinski definition) is 5. The third kappa shape index (κ3) is 7.26. The molecule has 7 nitrogen and oxygen atoms in total. The minimum absolute atomic E-state index is 0.260. The van der Waals surface area contributed by atoms with Crippen LogP contribution in [0, 0.1) is 5.82 Å². The standard InChI is InChI=1S/C20H34FN5O2/c1-5-22-19(23-13-16-6-7-18(25(3)4)17(21)12-16)24-14-20(2,27)15-26-8-10-28-11-9-26/h6-7,12,27H,5,8-11,13-15H2,1-4H3,(H2,22,23,24). The Morgan fingerprint density at radius 2 is 2.04 bits per heavy atom. The van der Waals surface area contributed by atoms with Gasteiger partial charge in [-0.3, -0.25) is 4.90 Å². The largest absolute Gasteiger partial charge is 0.387 e. The van der Waals surface area contributed by atoms with Gasteiger partial charge in [-0.2, -0.15) is 0 Å². The molecule has 158 valence electrons. The van der Waals surface area contributed by atoms with Crippen LogP contribution in [0.5, 0.6) is 0 Å². The predicted molar refractivity (Wildman–Crippen MR) is 111 cm³/mol. The van der Waals surface area contributed by atoms with Gasteiger partial charge in [0.25, 0.3) is 0 Å². The maximum atomic E-state index is 14.1. The molecule has 1 atom stereocenters. The number of halogens is 1. The lowest BCUT2D eigenvalue weighted by Gasteiger charge is -2.34. The highest BCUT2D eigenvalue weighted by atomic mass is 19.1. The van der Waals surface area contributed by atoms with Crippen LogP contribution in [0.15, 0.2) is 23.2 Å². The molecule has 0 spiro atoms. The molecule has 2 rings (SSSR count). The van der Waals surface area contributed by atoms with E-state index in [0.717, 1.165) is 18.7 Å². The molecule has 0 saturated carbocycles. The quantitative estimate of drug-likeness (QED) is 0.451. The lowest BCUT2D eigenvalue weighted by molar-refractivity contribution is -0.0201. The first-order valence-electron chi connectivity index (χ1n) is 9.81. The van der Waals surface area contributed by atoms with Crippen molar-refractivity contribution in [1.82, 2.24) is 15.5 Å². The van der Waals surface area contributed by atoms with E-state index in [1.54, 1.807) is 11.0 Å². The number of hydrogen-bond donors (Lipinski definition) is 3. The number of benzene rings is 1. The Bertz CT molecular complexity index is 645. The maximum Gasteiger partial charge on any atom is 0.191 e. The summed E-state index contributed by atoms with van der Waals surface area (Å²) in [5, 5.41) is 17.1. The second-order valence-electron chi connectivity index (χ2n) is 7.61. The number of ether oxygens (including phenoxy) is 1. The van der Waals surface area contributed by atoms with E-state index in [1.165, 1.54) is 6.07 Å². The zero-order valence-corrected chi connectivity index (χ0v) is 17.5. The zero-order chi connectivity index (χ0) is 20.6. The molecule has 0 radical (unpaired) electrons. The molecule has 0 bridgehead atoms. The van der Waals surface area contributed by atoms with E-state index in [0.29, 0.717) is 51.0 Å². The fourth-order valence-corrected chi connectivity index (χ4v) is 3.09. The van der Waals surface area contributed by atoms with Crippen molar-refractivity contribution in [3.05, 3.63) is 29.6 Å². The molecule has 1 unspecified atom stereocenters. The summed E-state index contributed by atoms with van der Waals surface area (Å²) in [4.78, 5) is 8.46. The van der Waals surface area contributed by atoms with Gasteiger partial charge >= 0.3 is 0 Å². The highest BCUT2D eigenvalue weighted by molar-refractivity contribution is 5.79.